The molecule has 0 radical (unpaired) electrons. The minimum Gasteiger partial charge on any atom is -0.322 e. The quantitative estimate of drug-likeness (QED) is 0.316. The number of anilines is 2. The third kappa shape index (κ3) is 4.69. The highest BCUT2D eigenvalue weighted by Crippen LogP contribution is 2.32. The van der Waals surface area contributed by atoms with Crippen LogP contribution in [0.15, 0.2) is 73.1 Å². The van der Waals surface area contributed by atoms with Crippen molar-refractivity contribution in [2.45, 2.75) is 18.1 Å². The number of pyridine rings is 2. The highest BCUT2D eigenvalue weighted by atomic mass is 127. The molecular formula is C24H19IN4O3S. The Morgan fingerprint density at radius 3 is 2.58 bits per heavy atom. The molecular weight excluding hydrogens is 551 g/mol. The number of fused-ring (bicyclic) bond motifs is 1. The van der Waals surface area contributed by atoms with Crippen molar-refractivity contribution in [1.82, 2.24) is 9.97 Å². The standard InChI is InChI=1S/C24H19IN4O3S/c25-21-9-6-17(13-20(21)23-19-4-2-1-3-15(19)11-12-26-23)28-24(30)16-5-10-22(27-14-16)29-33(31,32)18-7-8-18/h1-6,9-14,18H,7-8H2,(H,27,29)(H,28,30). The summed E-state index contributed by atoms with van der Waals surface area (Å²) < 4.78 is 27.6. The van der Waals surface area contributed by atoms with E-state index in [0.717, 1.165) is 25.6 Å². The van der Waals surface area contributed by atoms with Gasteiger partial charge in [0.25, 0.3) is 5.91 Å². The first-order valence-corrected chi connectivity index (χ1v) is 13.0. The molecule has 1 amide bonds. The van der Waals surface area contributed by atoms with Gasteiger partial charge in [0.2, 0.25) is 10.0 Å². The lowest BCUT2D eigenvalue weighted by Gasteiger charge is -2.11. The number of hydrogen-bond donors (Lipinski definition) is 2. The number of carbonyl (C=O) groups is 1. The summed E-state index contributed by atoms with van der Waals surface area (Å²) in [6, 6.07) is 18.7. The smallest absolute Gasteiger partial charge is 0.257 e. The van der Waals surface area contributed by atoms with Crippen molar-refractivity contribution in [3.8, 4) is 11.3 Å². The van der Waals surface area contributed by atoms with Crippen molar-refractivity contribution in [3.05, 3.63) is 82.2 Å². The summed E-state index contributed by atoms with van der Waals surface area (Å²) in [6.07, 6.45) is 4.48. The van der Waals surface area contributed by atoms with Crippen LogP contribution in [-0.2, 0) is 10.0 Å². The van der Waals surface area contributed by atoms with E-state index in [9.17, 15) is 13.2 Å². The fraction of sp³-hybridized carbons (Fsp3) is 0.125. The van der Waals surface area contributed by atoms with Crippen LogP contribution in [-0.4, -0.2) is 29.5 Å². The SMILES string of the molecule is O=C(Nc1ccc(I)c(-c2nccc3ccccc23)c1)c1ccc(NS(=O)(=O)C2CC2)nc1. The number of amides is 1. The third-order valence-corrected chi connectivity index (χ3v) is 8.17. The molecule has 4 aromatic rings. The maximum Gasteiger partial charge on any atom is 0.257 e. The monoisotopic (exact) mass is 570 g/mol. The van der Waals surface area contributed by atoms with Gasteiger partial charge in [-0.15, -0.1) is 0 Å². The van der Waals surface area contributed by atoms with E-state index in [4.69, 9.17) is 0 Å². The van der Waals surface area contributed by atoms with Crippen molar-refractivity contribution in [2.24, 2.45) is 0 Å². The van der Waals surface area contributed by atoms with Gasteiger partial charge in [-0.05, 0) is 77.2 Å². The number of aromatic nitrogens is 2. The molecule has 7 nitrogen and oxygen atoms in total. The Hall–Kier alpha value is -3.05. The molecule has 0 saturated heterocycles. The first-order valence-electron chi connectivity index (χ1n) is 10.3. The van der Waals surface area contributed by atoms with Crippen LogP contribution in [0.3, 0.4) is 0 Å². The van der Waals surface area contributed by atoms with E-state index in [-0.39, 0.29) is 17.0 Å². The lowest BCUT2D eigenvalue weighted by Crippen LogP contribution is -2.18. The Balaban J connectivity index is 1.37. The Kier molecular flexibility index (Phi) is 5.75. The lowest BCUT2D eigenvalue weighted by atomic mass is 10.0. The zero-order valence-corrected chi connectivity index (χ0v) is 20.3. The van der Waals surface area contributed by atoms with Crippen LogP contribution >= 0.6 is 22.6 Å². The van der Waals surface area contributed by atoms with Crippen LogP contribution in [0, 0.1) is 3.57 Å². The second kappa shape index (κ2) is 8.71. The summed E-state index contributed by atoms with van der Waals surface area (Å²) in [6.45, 7) is 0. The van der Waals surface area contributed by atoms with E-state index in [1.807, 2.05) is 48.5 Å². The molecule has 0 bridgehead atoms. The third-order valence-electron chi connectivity index (χ3n) is 5.39. The second-order valence-corrected chi connectivity index (χ2v) is 10.9. The first-order chi connectivity index (χ1) is 15.9. The fourth-order valence-electron chi connectivity index (χ4n) is 3.52. The molecule has 2 heterocycles. The summed E-state index contributed by atoms with van der Waals surface area (Å²) in [5, 5.41) is 4.68. The molecule has 2 aromatic heterocycles. The van der Waals surface area contributed by atoms with Gasteiger partial charge >= 0.3 is 0 Å². The van der Waals surface area contributed by atoms with Gasteiger partial charge in [0.1, 0.15) is 5.82 Å². The van der Waals surface area contributed by atoms with Gasteiger partial charge in [0.15, 0.2) is 0 Å². The van der Waals surface area contributed by atoms with Crippen molar-refractivity contribution in [3.63, 3.8) is 0 Å². The lowest BCUT2D eigenvalue weighted by molar-refractivity contribution is 0.102. The molecule has 1 aliphatic carbocycles. The highest BCUT2D eigenvalue weighted by molar-refractivity contribution is 14.1. The van der Waals surface area contributed by atoms with Crippen LogP contribution in [0.4, 0.5) is 11.5 Å². The molecule has 2 N–H and O–H groups in total. The van der Waals surface area contributed by atoms with E-state index >= 15 is 0 Å². The van der Waals surface area contributed by atoms with Gasteiger partial charge in [-0.25, -0.2) is 13.4 Å². The number of sulfonamides is 1. The van der Waals surface area contributed by atoms with Crippen LogP contribution in [0.5, 0.6) is 0 Å². The summed E-state index contributed by atoms with van der Waals surface area (Å²) in [4.78, 5) is 21.4. The van der Waals surface area contributed by atoms with Gasteiger partial charge in [0, 0.05) is 32.6 Å². The zero-order valence-electron chi connectivity index (χ0n) is 17.3. The topological polar surface area (TPSA) is 101 Å². The number of nitrogens with one attached hydrogen (secondary N) is 2. The van der Waals surface area contributed by atoms with Crippen LogP contribution < -0.4 is 10.0 Å². The molecule has 9 heteroatoms. The van der Waals surface area contributed by atoms with Gasteiger partial charge in [0.05, 0.1) is 16.5 Å². The van der Waals surface area contributed by atoms with E-state index in [0.29, 0.717) is 24.1 Å². The maximum absolute atomic E-state index is 12.8. The molecule has 0 spiro atoms. The molecule has 166 valence electrons. The molecule has 5 rings (SSSR count). The number of carbonyl (C=O) groups excluding carboxylic acids is 1. The fourth-order valence-corrected chi connectivity index (χ4v) is 5.44. The number of benzene rings is 2. The normalized spacial score (nSPS) is 13.6. The zero-order chi connectivity index (χ0) is 23.0. The molecule has 2 aromatic carbocycles. The van der Waals surface area contributed by atoms with Gasteiger partial charge < -0.3 is 5.32 Å². The van der Waals surface area contributed by atoms with E-state index in [1.165, 1.54) is 12.3 Å². The van der Waals surface area contributed by atoms with Crippen LogP contribution in [0.25, 0.3) is 22.0 Å². The van der Waals surface area contributed by atoms with Gasteiger partial charge in [-0.2, -0.15) is 0 Å². The summed E-state index contributed by atoms with van der Waals surface area (Å²) >= 11 is 2.26. The Bertz CT molecular complexity index is 1460. The molecule has 0 unspecified atom stereocenters. The molecule has 0 atom stereocenters. The van der Waals surface area contributed by atoms with E-state index in [2.05, 4.69) is 42.6 Å². The molecule has 1 aliphatic rings. The van der Waals surface area contributed by atoms with Crippen LogP contribution in [0.2, 0.25) is 0 Å². The van der Waals surface area contributed by atoms with Gasteiger partial charge in [-0.1, -0.05) is 24.3 Å². The Morgan fingerprint density at radius 1 is 1.00 bits per heavy atom. The largest absolute Gasteiger partial charge is 0.322 e. The maximum atomic E-state index is 12.8. The number of nitrogens with zero attached hydrogens (tertiary/aromatic N) is 2. The van der Waals surface area contributed by atoms with E-state index < -0.39 is 10.0 Å². The summed E-state index contributed by atoms with van der Waals surface area (Å²) in [5.74, 6) is -0.130. The van der Waals surface area contributed by atoms with Crippen molar-refractivity contribution in [1.29, 1.82) is 0 Å². The molecule has 1 fully saturated rings. The number of rotatable bonds is 6. The van der Waals surface area contributed by atoms with E-state index in [1.54, 1.807) is 12.3 Å². The van der Waals surface area contributed by atoms with Crippen LogP contribution in [0.1, 0.15) is 23.2 Å². The second-order valence-electron chi connectivity index (χ2n) is 7.81. The molecule has 0 aliphatic heterocycles. The first kappa shape index (κ1) is 21.8. The minimum atomic E-state index is -3.39. The van der Waals surface area contributed by atoms with Gasteiger partial charge in [-0.3, -0.25) is 14.5 Å². The number of halogens is 1. The van der Waals surface area contributed by atoms with Crippen molar-refractivity contribution in [2.75, 3.05) is 10.0 Å². The average Bonchev–Trinajstić information content (AvgIpc) is 3.67. The molecule has 1 saturated carbocycles. The average molecular weight is 570 g/mol. The summed E-state index contributed by atoms with van der Waals surface area (Å²) in [5.41, 5.74) is 2.73. The highest BCUT2D eigenvalue weighted by Gasteiger charge is 2.35. The summed E-state index contributed by atoms with van der Waals surface area (Å²) in [7, 11) is -3.39. The molecule has 33 heavy (non-hydrogen) atoms. The Morgan fingerprint density at radius 2 is 1.82 bits per heavy atom. The van der Waals surface area contributed by atoms with Crippen molar-refractivity contribution < 1.29 is 13.2 Å². The predicted octanol–water partition coefficient (Wildman–Crippen LogP) is 5.06. The Labute approximate surface area is 204 Å². The predicted molar refractivity (Wildman–Crippen MR) is 138 cm³/mol. The minimum absolute atomic E-state index is 0.206. The van der Waals surface area contributed by atoms with Crippen molar-refractivity contribution >= 4 is 60.8 Å². The number of hydrogen-bond acceptors (Lipinski definition) is 5.